The van der Waals surface area contributed by atoms with Gasteiger partial charge in [-0.05, 0) is 37.6 Å². The Kier molecular flexibility index (Phi) is 5.11. The number of benzene rings is 1. The molecule has 1 amide bonds. The van der Waals surface area contributed by atoms with Gasteiger partial charge in [-0.1, -0.05) is 12.1 Å². The van der Waals surface area contributed by atoms with Crippen molar-refractivity contribution in [1.82, 2.24) is 4.90 Å². The molecule has 18 heavy (non-hydrogen) atoms. The quantitative estimate of drug-likeness (QED) is 0.812. The summed E-state index contributed by atoms with van der Waals surface area (Å²) in [6.07, 6.45) is 2.56. The second-order valence-electron chi connectivity index (χ2n) is 3.77. The Morgan fingerprint density at radius 1 is 1.17 bits per heavy atom. The monoisotopic (exact) mass is 247 g/mol. The van der Waals surface area contributed by atoms with Gasteiger partial charge in [0, 0.05) is 24.7 Å². The summed E-state index contributed by atoms with van der Waals surface area (Å²) in [6, 6.07) is 6.89. The average molecular weight is 247 g/mol. The molecule has 0 atom stereocenters. The van der Waals surface area contributed by atoms with E-state index in [-0.39, 0.29) is 5.91 Å². The van der Waals surface area contributed by atoms with Crippen molar-refractivity contribution in [1.29, 1.82) is 0 Å². The van der Waals surface area contributed by atoms with Gasteiger partial charge in [-0.15, -0.1) is 0 Å². The third-order valence-electron chi connectivity index (χ3n) is 2.63. The second kappa shape index (κ2) is 6.59. The normalized spacial score (nSPS) is 10.6. The molecule has 0 saturated heterocycles. The minimum atomic E-state index is -0.988. The Morgan fingerprint density at radius 2 is 1.72 bits per heavy atom. The summed E-state index contributed by atoms with van der Waals surface area (Å²) >= 11 is 0. The molecule has 0 aliphatic heterocycles. The van der Waals surface area contributed by atoms with Crippen LogP contribution in [0.25, 0.3) is 6.08 Å². The van der Waals surface area contributed by atoms with Crippen molar-refractivity contribution in [2.45, 2.75) is 13.8 Å². The fraction of sp³-hybridized carbons (Fsp3) is 0.286. The lowest BCUT2D eigenvalue weighted by Gasteiger charge is -2.18. The SMILES string of the molecule is CCN(CC)C(=O)c1ccc(C=CC(=O)O)cc1. The Labute approximate surface area is 107 Å². The van der Waals surface area contributed by atoms with Gasteiger partial charge in [0.1, 0.15) is 0 Å². The molecule has 0 saturated carbocycles. The molecule has 0 aliphatic carbocycles. The zero-order valence-corrected chi connectivity index (χ0v) is 10.6. The van der Waals surface area contributed by atoms with Crippen LogP contribution in [0.3, 0.4) is 0 Å². The Balaban J connectivity index is 2.82. The van der Waals surface area contributed by atoms with E-state index in [1.807, 2.05) is 13.8 Å². The van der Waals surface area contributed by atoms with E-state index in [1.54, 1.807) is 29.2 Å². The predicted molar refractivity (Wildman–Crippen MR) is 70.4 cm³/mol. The van der Waals surface area contributed by atoms with Crippen LogP contribution < -0.4 is 0 Å². The highest BCUT2D eigenvalue weighted by Gasteiger charge is 2.11. The molecule has 0 radical (unpaired) electrons. The first-order chi connectivity index (χ1) is 8.58. The first kappa shape index (κ1) is 14.0. The minimum absolute atomic E-state index is 0.00577. The van der Waals surface area contributed by atoms with Crippen LogP contribution in [0.15, 0.2) is 30.3 Å². The number of carboxylic acid groups (broad SMARTS) is 1. The largest absolute Gasteiger partial charge is 0.478 e. The van der Waals surface area contributed by atoms with E-state index in [2.05, 4.69) is 0 Å². The number of carbonyl (C=O) groups is 2. The molecule has 1 aromatic rings. The standard InChI is InChI=1S/C14H17NO3/c1-3-15(4-2)14(18)12-8-5-11(6-9-12)7-10-13(16)17/h5-10H,3-4H2,1-2H3,(H,16,17). The number of hydrogen-bond donors (Lipinski definition) is 1. The molecule has 1 rings (SSSR count). The van der Waals surface area contributed by atoms with E-state index in [4.69, 9.17) is 5.11 Å². The Bertz CT molecular complexity index is 445. The molecule has 96 valence electrons. The molecule has 0 fully saturated rings. The minimum Gasteiger partial charge on any atom is -0.478 e. The van der Waals surface area contributed by atoms with Crippen molar-refractivity contribution in [3.8, 4) is 0 Å². The van der Waals surface area contributed by atoms with Crippen molar-refractivity contribution in [3.63, 3.8) is 0 Å². The van der Waals surface area contributed by atoms with E-state index in [9.17, 15) is 9.59 Å². The summed E-state index contributed by atoms with van der Waals surface area (Å²) in [7, 11) is 0. The van der Waals surface area contributed by atoms with Crippen LogP contribution in [0.4, 0.5) is 0 Å². The molecular formula is C14H17NO3. The van der Waals surface area contributed by atoms with Crippen molar-refractivity contribution in [2.24, 2.45) is 0 Å². The molecule has 4 heteroatoms. The topological polar surface area (TPSA) is 57.6 Å². The number of nitrogens with zero attached hydrogens (tertiary/aromatic N) is 1. The summed E-state index contributed by atoms with van der Waals surface area (Å²) in [4.78, 5) is 24.1. The van der Waals surface area contributed by atoms with E-state index < -0.39 is 5.97 Å². The predicted octanol–water partition coefficient (Wildman–Crippen LogP) is 2.27. The average Bonchev–Trinajstić information content (AvgIpc) is 2.38. The first-order valence-electron chi connectivity index (χ1n) is 5.88. The van der Waals surface area contributed by atoms with Gasteiger partial charge < -0.3 is 10.0 Å². The first-order valence-corrected chi connectivity index (χ1v) is 5.88. The van der Waals surface area contributed by atoms with Crippen molar-refractivity contribution < 1.29 is 14.7 Å². The molecule has 0 spiro atoms. The summed E-state index contributed by atoms with van der Waals surface area (Å²) in [5.74, 6) is -0.993. The van der Waals surface area contributed by atoms with E-state index >= 15 is 0 Å². The maximum Gasteiger partial charge on any atom is 0.328 e. The zero-order chi connectivity index (χ0) is 13.5. The zero-order valence-electron chi connectivity index (χ0n) is 10.6. The lowest BCUT2D eigenvalue weighted by atomic mass is 10.1. The van der Waals surface area contributed by atoms with Crippen molar-refractivity contribution in [3.05, 3.63) is 41.5 Å². The number of carbonyl (C=O) groups excluding carboxylic acids is 1. The van der Waals surface area contributed by atoms with Gasteiger partial charge in [0.05, 0.1) is 0 Å². The molecule has 0 unspecified atom stereocenters. The number of amides is 1. The molecule has 0 aliphatic rings. The third kappa shape index (κ3) is 3.73. The highest BCUT2D eigenvalue weighted by molar-refractivity contribution is 5.94. The fourth-order valence-corrected chi connectivity index (χ4v) is 1.60. The fourth-order valence-electron chi connectivity index (χ4n) is 1.60. The van der Waals surface area contributed by atoms with Crippen LogP contribution in [0.5, 0.6) is 0 Å². The third-order valence-corrected chi connectivity index (χ3v) is 2.63. The highest BCUT2D eigenvalue weighted by Crippen LogP contribution is 2.09. The van der Waals surface area contributed by atoms with Crippen LogP contribution in [0.2, 0.25) is 0 Å². The molecule has 0 heterocycles. The second-order valence-corrected chi connectivity index (χ2v) is 3.77. The van der Waals surface area contributed by atoms with Crippen LogP contribution in [-0.2, 0) is 4.79 Å². The molecule has 4 nitrogen and oxygen atoms in total. The Hall–Kier alpha value is -2.10. The van der Waals surface area contributed by atoms with Gasteiger partial charge in [0.25, 0.3) is 5.91 Å². The van der Waals surface area contributed by atoms with Crippen LogP contribution in [0.1, 0.15) is 29.8 Å². The number of rotatable bonds is 5. The van der Waals surface area contributed by atoms with E-state index in [0.717, 1.165) is 11.6 Å². The van der Waals surface area contributed by atoms with Crippen molar-refractivity contribution in [2.75, 3.05) is 13.1 Å². The van der Waals surface area contributed by atoms with Gasteiger partial charge in [-0.3, -0.25) is 4.79 Å². The van der Waals surface area contributed by atoms with Crippen LogP contribution in [0, 0.1) is 0 Å². The lowest BCUT2D eigenvalue weighted by molar-refractivity contribution is -0.131. The summed E-state index contributed by atoms with van der Waals surface area (Å²) in [5.41, 5.74) is 1.37. The molecule has 0 bridgehead atoms. The molecule has 0 aromatic heterocycles. The van der Waals surface area contributed by atoms with Gasteiger partial charge in [-0.2, -0.15) is 0 Å². The Morgan fingerprint density at radius 3 is 2.17 bits per heavy atom. The maximum absolute atomic E-state index is 12.0. The summed E-state index contributed by atoms with van der Waals surface area (Å²) < 4.78 is 0. The van der Waals surface area contributed by atoms with E-state index in [1.165, 1.54) is 6.08 Å². The van der Waals surface area contributed by atoms with Crippen molar-refractivity contribution >= 4 is 18.0 Å². The van der Waals surface area contributed by atoms with Gasteiger partial charge in [0.15, 0.2) is 0 Å². The van der Waals surface area contributed by atoms with Gasteiger partial charge in [0.2, 0.25) is 0 Å². The summed E-state index contributed by atoms with van der Waals surface area (Å²) in [5, 5.41) is 8.51. The maximum atomic E-state index is 12.0. The van der Waals surface area contributed by atoms with Gasteiger partial charge in [-0.25, -0.2) is 4.79 Å². The lowest BCUT2D eigenvalue weighted by Crippen LogP contribution is -2.30. The number of carboxylic acids is 1. The highest BCUT2D eigenvalue weighted by atomic mass is 16.4. The smallest absolute Gasteiger partial charge is 0.328 e. The van der Waals surface area contributed by atoms with Gasteiger partial charge >= 0.3 is 5.97 Å². The summed E-state index contributed by atoms with van der Waals surface area (Å²) in [6.45, 7) is 5.22. The molecule has 1 N–H and O–H groups in total. The van der Waals surface area contributed by atoms with Crippen LogP contribution >= 0.6 is 0 Å². The van der Waals surface area contributed by atoms with E-state index in [0.29, 0.717) is 18.7 Å². The van der Waals surface area contributed by atoms with Crippen LogP contribution in [-0.4, -0.2) is 35.0 Å². The number of hydrogen-bond acceptors (Lipinski definition) is 2. The number of aliphatic carboxylic acids is 1. The molecule has 1 aromatic carbocycles. The molecular weight excluding hydrogens is 230 g/mol.